The molecule has 1 aliphatic heterocycles. The van der Waals surface area contributed by atoms with Crippen molar-refractivity contribution in [1.29, 1.82) is 0 Å². The fourth-order valence-corrected chi connectivity index (χ4v) is 2.61. The molecule has 2 aromatic carbocycles. The predicted octanol–water partition coefficient (Wildman–Crippen LogP) is 2.12. The lowest BCUT2D eigenvalue weighted by atomic mass is 10.2. The zero-order chi connectivity index (χ0) is 16.6. The van der Waals surface area contributed by atoms with Gasteiger partial charge in [-0.3, -0.25) is 4.79 Å². The van der Waals surface area contributed by atoms with Gasteiger partial charge < -0.3 is 20.1 Å². The number of carbonyl (C=O) groups is 1. The molecule has 0 bridgehead atoms. The van der Waals surface area contributed by atoms with Crippen LogP contribution in [0.15, 0.2) is 54.6 Å². The molecule has 1 atom stereocenters. The van der Waals surface area contributed by atoms with Gasteiger partial charge in [-0.25, -0.2) is 0 Å². The summed E-state index contributed by atoms with van der Waals surface area (Å²) in [4.78, 5) is 12.0. The van der Waals surface area contributed by atoms with Crippen LogP contribution in [0.1, 0.15) is 12.0 Å². The van der Waals surface area contributed by atoms with Gasteiger partial charge in [-0.15, -0.1) is 0 Å². The van der Waals surface area contributed by atoms with Crippen molar-refractivity contribution in [2.75, 3.05) is 19.7 Å². The van der Waals surface area contributed by atoms with Crippen molar-refractivity contribution in [2.24, 2.45) is 0 Å². The Balaban J connectivity index is 1.52. The Hall–Kier alpha value is -2.53. The largest absolute Gasteiger partial charge is 0.485 e. The maximum absolute atomic E-state index is 12.0. The van der Waals surface area contributed by atoms with Gasteiger partial charge in [0.25, 0.3) is 5.91 Å². The van der Waals surface area contributed by atoms with Crippen LogP contribution >= 0.6 is 0 Å². The van der Waals surface area contributed by atoms with Crippen LogP contribution in [0.5, 0.6) is 11.5 Å². The number of hydrogen-bond donors (Lipinski definition) is 2. The van der Waals surface area contributed by atoms with E-state index in [-0.39, 0.29) is 18.6 Å². The molecule has 24 heavy (non-hydrogen) atoms. The van der Waals surface area contributed by atoms with Gasteiger partial charge in [0.15, 0.2) is 18.1 Å². The normalized spacial score (nSPS) is 16.6. The second-order valence-corrected chi connectivity index (χ2v) is 5.77. The van der Waals surface area contributed by atoms with Gasteiger partial charge in [0.1, 0.15) is 6.61 Å². The molecule has 126 valence electrons. The first-order chi connectivity index (χ1) is 11.8. The van der Waals surface area contributed by atoms with E-state index in [9.17, 15) is 4.79 Å². The van der Waals surface area contributed by atoms with Gasteiger partial charge in [0, 0.05) is 12.6 Å². The fourth-order valence-electron chi connectivity index (χ4n) is 2.61. The van der Waals surface area contributed by atoms with Crippen molar-refractivity contribution in [3.63, 3.8) is 0 Å². The third kappa shape index (κ3) is 4.73. The third-order valence-electron chi connectivity index (χ3n) is 3.87. The van der Waals surface area contributed by atoms with Crippen molar-refractivity contribution in [3.05, 3.63) is 60.2 Å². The van der Waals surface area contributed by atoms with Crippen molar-refractivity contribution in [1.82, 2.24) is 10.6 Å². The highest BCUT2D eigenvalue weighted by atomic mass is 16.5. The van der Waals surface area contributed by atoms with E-state index in [0.29, 0.717) is 18.1 Å². The lowest BCUT2D eigenvalue weighted by Crippen LogP contribution is -2.39. The number of ether oxygens (including phenoxy) is 2. The van der Waals surface area contributed by atoms with E-state index in [0.717, 1.165) is 25.1 Å². The number of rotatable bonds is 7. The van der Waals surface area contributed by atoms with Gasteiger partial charge in [0.2, 0.25) is 0 Å². The minimum atomic E-state index is -0.110. The first-order valence-electron chi connectivity index (χ1n) is 8.20. The zero-order valence-electron chi connectivity index (χ0n) is 13.5. The predicted molar refractivity (Wildman–Crippen MR) is 92.1 cm³/mol. The van der Waals surface area contributed by atoms with E-state index in [1.165, 1.54) is 0 Å². The summed E-state index contributed by atoms with van der Waals surface area (Å²) in [5.74, 6) is 1.10. The van der Waals surface area contributed by atoms with E-state index in [1.807, 2.05) is 54.6 Å². The van der Waals surface area contributed by atoms with Crippen LogP contribution < -0.4 is 20.1 Å². The number of hydrogen-bond acceptors (Lipinski definition) is 4. The Labute approximate surface area is 142 Å². The molecule has 1 unspecified atom stereocenters. The summed E-state index contributed by atoms with van der Waals surface area (Å²) >= 11 is 0. The lowest BCUT2D eigenvalue weighted by molar-refractivity contribution is -0.123. The molecule has 0 aliphatic carbocycles. The smallest absolute Gasteiger partial charge is 0.258 e. The van der Waals surface area contributed by atoms with Crippen LogP contribution in [0, 0.1) is 0 Å². The second-order valence-electron chi connectivity index (χ2n) is 5.77. The maximum atomic E-state index is 12.0. The summed E-state index contributed by atoms with van der Waals surface area (Å²) in [5.41, 5.74) is 1.08. The molecule has 2 aromatic rings. The van der Waals surface area contributed by atoms with Crippen LogP contribution in [0.3, 0.4) is 0 Å². The summed E-state index contributed by atoms with van der Waals surface area (Å²) in [7, 11) is 0. The number of amides is 1. The number of para-hydroxylation sites is 2. The van der Waals surface area contributed by atoms with Crippen LogP contribution in [-0.2, 0) is 11.4 Å². The first-order valence-corrected chi connectivity index (χ1v) is 8.20. The van der Waals surface area contributed by atoms with Crippen LogP contribution in [0.25, 0.3) is 0 Å². The van der Waals surface area contributed by atoms with Crippen molar-refractivity contribution in [2.45, 2.75) is 19.1 Å². The number of carbonyl (C=O) groups excluding carboxylic acids is 1. The van der Waals surface area contributed by atoms with Gasteiger partial charge in [-0.1, -0.05) is 42.5 Å². The summed E-state index contributed by atoms with van der Waals surface area (Å²) < 4.78 is 11.5. The van der Waals surface area contributed by atoms with Crippen LogP contribution in [-0.4, -0.2) is 31.6 Å². The van der Waals surface area contributed by atoms with Crippen LogP contribution in [0.2, 0.25) is 0 Å². The maximum Gasteiger partial charge on any atom is 0.258 e. The Morgan fingerprint density at radius 2 is 1.75 bits per heavy atom. The quantitative estimate of drug-likeness (QED) is 0.818. The van der Waals surface area contributed by atoms with Gasteiger partial charge >= 0.3 is 0 Å². The van der Waals surface area contributed by atoms with E-state index in [2.05, 4.69) is 10.6 Å². The van der Waals surface area contributed by atoms with Crippen molar-refractivity contribution >= 4 is 5.91 Å². The van der Waals surface area contributed by atoms with Gasteiger partial charge in [0.05, 0.1) is 0 Å². The fraction of sp³-hybridized carbons (Fsp3) is 0.316. The Kier molecular flexibility index (Phi) is 5.69. The molecule has 3 rings (SSSR count). The third-order valence-corrected chi connectivity index (χ3v) is 3.87. The molecular weight excluding hydrogens is 304 g/mol. The topological polar surface area (TPSA) is 59.6 Å². The molecule has 1 heterocycles. The number of benzene rings is 2. The summed E-state index contributed by atoms with van der Waals surface area (Å²) in [6, 6.07) is 17.5. The zero-order valence-corrected chi connectivity index (χ0v) is 13.5. The molecule has 1 aliphatic rings. The van der Waals surface area contributed by atoms with Crippen molar-refractivity contribution < 1.29 is 14.3 Å². The Morgan fingerprint density at radius 1 is 1.04 bits per heavy atom. The molecule has 2 N–H and O–H groups in total. The van der Waals surface area contributed by atoms with Crippen LogP contribution in [0.4, 0.5) is 0 Å². The summed E-state index contributed by atoms with van der Waals surface area (Å²) in [5, 5.41) is 6.18. The highest BCUT2D eigenvalue weighted by molar-refractivity contribution is 5.78. The molecule has 0 radical (unpaired) electrons. The monoisotopic (exact) mass is 326 g/mol. The molecule has 1 saturated heterocycles. The number of nitrogens with one attached hydrogen (secondary N) is 2. The van der Waals surface area contributed by atoms with Gasteiger partial charge in [-0.05, 0) is 30.7 Å². The van der Waals surface area contributed by atoms with E-state index >= 15 is 0 Å². The molecule has 0 saturated carbocycles. The van der Waals surface area contributed by atoms with Gasteiger partial charge in [-0.2, -0.15) is 0 Å². The molecule has 5 heteroatoms. The second kappa shape index (κ2) is 8.36. The molecular formula is C19H22N2O3. The van der Waals surface area contributed by atoms with E-state index in [4.69, 9.17) is 9.47 Å². The summed E-state index contributed by atoms with van der Waals surface area (Å²) in [6.45, 7) is 2.22. The van der Waals surface area contributed by atoms with E-state index in [1.54, 1.807) is 0 Å². The van der Waals surface area contributed by atoms with E-state index < -0.39 is 0 Å². The minimum Gasteiger partial charge on any atom is -0.485 e. The first kappa shape index (κ1) is 16.3. The summed E-state index contributed by atoms with van der Waals surface area (Å²) in [6.07, 6.45) is 0.961. The average Bonchev–Trinajstić information content (AvgIpc) is 3.13. The highest BCUT2D eigenvalue weighted by Crippen LogP contribution is 2.27. The standard InChI is InChI=1S/C19H22N2O3/c22-19(21-16-10-11-20-12-16)14-24-18-9-5-4-8-17(18)23-13-15-6-2-1-3-7-15/h1-9,16,20H,10-14H2,(H,21,22). The highest BCUT2D eigenvalue weighted by Gasteiger charge is 2.17. The molecule has 5 nitrogen and oxygen atoms in total. The Bertz CT molecular complexity index is 655. The lowest BCUT2D eigenvalue weighted by Gasteiger charge is -2.14. The Morgan fingerprint density at radius 3 is 2.46 bits per heavy atom. The molecule has 1 amide bonds. The average molecular weight is 326 g/mol. The molecule has 0 aromatic heterocycles. The SMILES string of the molecule is O=C(COc1ccccc1OCc1ccccc1)NC1CCNC1. The van der Waals surface area contributed by atoms with Crippen molar-refractivity contribution in [3.8, 4) is 11.5 Å². The minimum absolute atomic E-state index is 0.0117. The molecule has 0 spiro atoms. The molecule has 1 fully saturated rings.